The lowest BCUT2D eigenvalue weighted by molar-refractivity contribution is -0.133. The van der Waals surface area contributed by atoms with E-state index in [0.717, 1.165) is 92.8 Å². The number of aromatic nitrogens is 6. The minimum absolute atomic E-state index is 0.0176. The first-order valence-corrected chi connectivity index (χ1v) is 22.7. The summed E-state index contributed by atoms with van der Waals surface area (Å²) >= 11 is 0. The molecule has 0 spiro atoms. The summed E-state index contributed by atoms with van der Waals surface area (Å²) in [6, 6.07) is 11.5. The third-order valence-electron chi connectivity index (χ3n) is 12.6. The van der Waals surface area contributed by atoms with Gasteiger partial charge in [0, 0.05) is 66.7 Å². The maximum atomic E-state index is 13.5. The van der Waals surface area contributed by atoms with E-state index in [1.165, 1.54) is 0 Å². The molecule has 17 heteroatoms. The zero-order chi connectivity index (χ0) is 45.2. The van der Waals surface area contributed by atoms with Crippen LogP contribution in [0.1, 0.15) is 106 Å². The molecule has 6 aromatic rings. The largest absolute Gasteiger partial charge is 0.379 e. The van der Waals surface area contributed by atoms with Crippen molar-refractivity contribution in [2.45, 2.75) is 97.7 Å². The van der Waals surface area contributed by atoms with Crippen molar-refractivity contribution >= 4 is 57.0 Å². The van der Waals surface area contributed by atoms with Gasteiger partial charge in [0.05, 0.1) is 62.3 Å². The third kappa shape index (κ3) is 9.31. The number of ketones is 2. The quantitative estimate of drug-likeness (QED) is 0.0547. The minimum atomic E-state index is -0.522. The van der Waals surface area contributed by atoms with E-state index in [9.17, 15) is 19.2 Å². The maximum Gasteiger partial charge on any atom is 0.289 e. The average molecular weight is 886 g/mol. The number of anilines is 2. The smallest absolute Gasteiger partial charge is 0.289 e. The number of hydrogen-bond acceptors (Lipinski definition) is 13. The summed E-state index contributed by atoms with van der Waals surface area (Å²) < 4.78 is 24.6. The number of nitrogens with one attached hydrogen (secondary N) is 3. The van der Waals surface area contributed by atoms with Crippen molar-refractivity contribution < 1.29 is 37.9 Å². The van der Waals surface area contributed by atoms with Crippen molar-refractivity contribution in [3.63, 3.8) is 0 Å². The number of aromatic amines is 1. The second kappa shape index (κ2) is 19.0. The summed E-state index contributed by atoms with van der Waals surface area (Å²) in [5.41, 5.74) is 8.92. The first-order chi connectivity index (χ1) is 31.6. The second-order valence-electron chi connectivity index (χ2n) is 17.1. The lowest BCUT2D eigenvalue weighted by Crippen LogP contribution is -2.44. The Kier molecular flexibility index (Phi) is 12.9. The van der Waals surface area contributed by atoms with Gasteiger partial charge in [0.1, 0.15) is 28.8 Å². The molecule has 65 heavy (non-hydrogen) atoms. The minimum Gasteiger partial charge on any atom is -0.379 e. The van der Waals surface area contributed by atoms with Gasteiger partial charge in [-0.3, -0.25) is 19.2 Å². The standard InChI is InChI=1S/C48H55N9O8/c1-5-57-41(25-37(54-57)31-11-12-31)51-45-43-35-22-27(2)34(42-28(3)55-65-29(42)4)24-38(35)50-44(43)52-46(53-45)47(60)49-15-17-63-19-21-64-20-18-62-16-7-9-30-8-6-10-33-36(30)26-56(48(33)61)39-14-13-32(58)23-40(39)59/h6,8,10,22,24-25,31,39H,5,7,9,11-21,23,26H2,1-4H3,(H,49,60)(H2,50,51,52,53). The molecular formula is C48H55N9O8. The molecule has 3 aliphatic rings. The van der Waals surface area contributed by atoms with Crippen molar-refractivity contribution in [2.75, 3.05) is 51.5 Å². The number of fused-ring (bicyclic) bond motifs is 4. The topological polar surface area (TPSA) is 209 Å². The number of ether oxygens (including phenoxy) is 3. The highest BCUT2D eigenvalue weighted by molar-refractivity contribution is 6.14. The lowest BCUT2D eigenvalue weighted by atomic mass is 9.92. The van der Waals surface area contributed by atoms with Crippen LogP contribution in [0, 0.1) is 20.8 Å². The van der Waals surface area contributed by atoms with Crippen LogP contribution in [0.25, 0.3) is 33.1 Å². The van der Waals surface area contributed by atoms with Crippen LogP contribution in [0.4, 0.5) is 11.6 Å². The van der Waals surface area contributed by atoms with Crippen LogP contribution in [-0.2, 0) is 43.3 Å². The predicted octanol–water partition coefficient (Wildman–Crippen LogP) is 6.59. The lowest BCUT2D eigenvalue weighted by Gasteiger charge is -2.29. The Hall–Kier alpha value is -6.30. The van der Waals surface area contributed by atoms with Crippen molar-refractivity contribution in [3.05, 3.63) is 81.6 Å². The van der Waals surface area contributed by atoms with Gasteiger partial charge in [-0.15, -0.1) is 0 Å². The van der Waals surface area contributed by atoms with Crippen LogP contribution in [-0.4, -0.2) is 110 Å². The van der Waals surface area contributed by atoms with E-state index >= 15 is 0 Å². The summed E-state index contributed by atoms with van der Waals surface area (Å²) in [7, 11) is 0. The van der Waals surface area contributed by atoms with E-state index in [-0.39, 0.29) is 42.9 Å². The van der Waals surface area contributed by atoms with Gasteiger partial charge in [0.25, 0.3) is 11.8 Å². The molecule has 2 saturated carbocycles. The first kappa shape index (κ1) is 43.9. The van der Waals surface area contributed by atoms with E-state index < -0.39 is 11.9 Å². The fourth-order valence-electron chi connectivity index (χ4n) is 9.07. The Morgan fingerprint density at radius 2 is 1.72 bits per heavy atom. The zero-order valence-electron chi connectivity index (χ0n) is 37.4. The highest BCUT2D eigenvalue weighted by Crippen LogP contribution is 2.41. The van der Waals surface area contributed by atoms with Gasteiger partial charge in [0.2, 0.25) is 5.82 Å². The fourth-order valence-corrected chi connectivity index (χ4v) is 9.07. The third-order valence-corrected chi connectivity index (χ3v) is 12.6. The zero-order valence-corrected chi connectivity index (χ0v) is 37.4. The van der Waals surface area contributed by atoms with E-state index in [2.05, 4.69) is 45.9 Å². The van der Waals surface area contributed by atoms with Crippen molar-refractivity contribution in [1.82, 2.24) is 40.1 Å². The van der Waals surface area contributed by atoms with E-state index in [4.69, 9.17) is 33.8 Å². The highest BCUT2D eigenvalue weighted by atomic mass is 16.5. The molecule has 17 nitrogen and oxygen atoms in total. The molecule has 3 N–H and O–H groups in total. The van der Waals surface area contributed by atoms with E-state index in [1.807, 2.05) is 43.7 Å². The van der Waals surface area contributed by atoms with Gasteiger partial charge >= 0.3 is 0 Å². The number of carbonyl (C=O) groups is 4. The Labute approximate surface area is 376 Å². The van der Waals surface area contributed by atoms with Crippen molar-refractivity contribution in [1.29, 1.82) is 0 Å². The average Bonchev–Trinajstić information content (AvgIpc) is 3.68. The normalized spacial score (nSPS) is 16.3. The number of carbonyl (C=O) groups excluding carboxylic acids is 4. The van der Waals surface area contributed by atoms with Crippen LogP contribution in [0.3, 0.4) is 0 Å². The van der Waals surface area contributed by atoms with Gasteiger partial charge in [-0.2, -0.15) is 5.10 Å². The Bertz CT molecular complexity index is 2770. The molecule has 2 fully saturated rings. The number of hydrogen-bond donors (Lipinski definition) is 3. The number of Topliss-reactive ketones (excluding diaryl/α,β-unsaturated/α-hetero) is 2. The predicted molar refractivity (Wildman–Crippen MR) is 241 cm³/mol. The molecule has 2 amide bonds. The molecule has 1 atom stereocenters. The molecule has 2 aromatic carbocycles. The molecule has 9 rings (SSSR count). The molecule has 1 unspecified atom stereocenters. The Morgan fingerprint density at radius 3 is 2.46 bits per heavy atom. The van der Waals surface area contributed by atoms with Crippen LogP contribution in [0.2, 0.25) is 0 Å². The van der Waals surface area contributed by atoms with Crippen LogP contribution < -0.4 is 10.6 Å². The molecule has 0 bridgehead atoms. The Morgan fingerprint density at radius 1 is 0.938 bits per heavy atom. The number of nitrogens with zero attached hydrogens (tertiary/aromatic N) is 6. The molecule has 5 heterocycles. The van der Waals surface area contributed by atoms with Crippen LogP contribution in [0.15, 0.2) is 40.9 Å². The van der Waals surface area contributed by atoms with E-state index in [0.29, 0.717) is 81.9 Å². The summed E-state index contributed by atoms with van der Waals surface area (Å²) in [5, 5.41) is 17.1. The summed E-state index contributed by atoms with van der Waals surface area (Å²) in [6.45, 7) is 11.6. The monoisotopic (exact) mass is 885 g/mol. The van der Waals surface area contributed by atoms with Gasteiger partial charge in [-0.25, -0.2) is 14.6 Å². The SMILES string of the molecule is CCn1nc(C2CC2)cc1Nc1nc(C(=O)NCCOCCOCCOCCCc2cccc3c2CN(C2CCC(=O)CC2=O)C3=O)nc2[nH]c3cc(-c4c(C)noc4C)c(C)cc3c12. The maximum absolute atomic E-state index is 13.5. The molecular weight excluding hydrogens is 831 g/mol. The second-order valence-corrected chi connectivity index (χ2v) is 17.1. The highest BCUT2D eigenvalue weighted by Gasteiger charge is 2.39. The number of amides is 2. The molecule has 4 aromatic heterocycles. The molecule has 2 aliphatic carbocycles. The Balaban J connectivity index is 0.738. The molecule has 1 aliphatic heterocycles. The van der Waals surface area contributed by atoms with Gasteiger partial charge in [-0.05, 0) is 100 Å². The van der Waals surface area contributed by atoms with Gasteiger partial charge < -0.3 is 39.3 Å². The molecule has 0 saturated heterocycles. The molecule has 340 valence electrons. The first-order valence-electron chi connectivity index (χ1n) is 22.7. The fraction of sp³-hybridized carbons (Fsp3) is 0.458. The number of rotatable bonds is 20. The van der Waals surface area contributed by atoms with Crippen LogP contribution in [0.5, 0.6) is 0 Å². The summed E-state index contributed by atoms with van der Waals surface area (Å²) in [6.07, 6.45) is 4.43. The number of H-pyrrole nitrogens is 1. The van der Waals surface area contributed by atoms with Crippen molar-refractivity contribution in [2.24, 2.45) is 0 Å². The summed E-state index contributed by atoms with van der Waals surface area (Å²) in [4.78, 5) is 65.6. The van der Waals surface area contributed by atoms with Gasteiger partial charge in [-0.1, -0.05) is 17.3 Å². The molecule has 0 radical (unpaired) electrons. The van der Waals surface area contributed by atoms with Crippen molar-refractivity contribution in [3.8, 4) is 11.1 Å². The van der Waals surface area contributed by atoms with Gasteiger partial charge in [0.15, 0.2) is 5.78 Å². The van der Waals surface area contributed by atoms with E-state index in [1.54, 1.807) is 4.90 Å². The number of aryl methyl sites for hydroxylation is 5. The number of benzene rings is 2. The van der Waals surface area contributed by atoms with Crippen LogP contribution >= 0.6 is 0 Å². The summed E-state index contributed by atoms with van der Waals surface area (Å²) in [5.74, 6) is 1.77.